The molecule has 104 valence electrons. The van der Waals surface area contributed by atoms with Gasteiger partial charge in [-0.3, -0.25) is 4.90 Å². The largest absolute Gasteiger partial charge is 0.313 e. The predicted molar refractivity (Wildman–Crippen MR) is 78.5 cm³/mol. The number of nitrogens with zero attached hydrogens (tertiary/aromatic N) is 1. The van der Waals surface area contributed by atoms with Crippen molar-refractivity contribution in [3.05, 3.63) is 0 Å². The molecule has 0 aliphatic rings. The van der Waals surface area contributed by atoms with Crippen LogP contribution < -0.4 is 5.32 Å². The van der Waals surface area contributed by atoms with Gasteiger partial charge in [-0.25, -0.2) is 0 Å². The van der Waals surface area contributed by atoms with Crippen LogP contribution in [-0.2, 0) is 0 Å². The highest BCUT2D eigenvalue weighted by atomic mass is 15.2. The first-order valence-electron chi connectivity index (χ1n) is 7.52. The predicted octanol–water partition coefficient (Wildman–Crippen LogP) is 3.52. The van der Waals surface area contributed by atoms with Gasteiger partial charge in [-0.05, 0) is 18.9 Å². The molecule has 0 radical (unpaired) electrons. The van der Waals surface area contributed by atoms with Gasteiger partial charge in [0.05, 0.1) is 0 Å². The molecule has 0 heterocycles. The molecule has 2 nitrogen and oxygen atoms in total. The molecule has 0 aromatic heterocycles. The van der Waals surface area contributed by atoms with E-state index in [-0.39, 0.29) is 0 Å². The van der Waals surface area contributed by atoms with Crippen LogP contribution in [0.3, 0.4) is 0 Å². The minimum absolute atomic E-state index is 0.594. The highest BCUT2D eigenvalue weighted by Crippen LogP contribution is 2.11. The van der Waals surface area contributed by atoms with Crippen molar-refractivity contribution in [3.8, 4) is 0 Å². The molecule has 0 fully saturated rings. The third kappa shape index (κ3) is 7.77. The van der Waals surface area contributed by atoms with Crippen LogP contribution in [0.2, 0.25) is 0 Å². The van der Waals surface area contributed by atoms with E-state index in [0.717, 1.165) is 12.5 Å². The van der Waals surface area contributed by atoms with Gasteiger partial charge in [0, 0.05) is 25.2 Å². The summed E-state index contributed by atoms with van der Waals surface area (Å²) in [6.45, 7) is 17.3. The average molecular weight is 242 g/mol. The molecule has 0 bridgehead atoms. The molecule has 1 N–H and O–H groups in total. The van der Waals surface area contributed by atoms with Crippen molar-refractivity contribution in [2.24, 2.45) is 5.92 Å². The lowest BCUT2D eigenvalue weighted by Crippen LogP contribution is -2.45. The number of rotatable bonds is 10. The second-order valence-corrected chi connectivity index (χ2v) is 5.61. The van der Waals surface area contributed by atoms with Crippen molar-refractivity contribution in [2.75, 3.05) is 19.6 Å². The molecule has 17 heavy (non-hydrogen) atoms. The molecule has 0 amide bonds. The van der Waals surface area contributed by atoms with E-state index in [4.69, 9.17) is 0 Å². The standard InChI is InChI=1S/C15H34N2/c1-7-10-15(11-16-13(4)5)17(9-3)12-14(6)8-2/h13-16H,7-12H2,1-6H3. The Morgan fingerprint density at radius 2 is 1.71 bits per heavy atom. The Hall–Kier alpha value is -0.0800. The summed E-state index contributed by atoms with van der Waals surface area (Å²) in [6.07, 6.45) is 3.87. The zero-order valence-corrected chi connectivity index (χ0v) is 12.9. The van der Waals surface area contributed by atoms with E-state index >= 15 is 0 Å². The van der Waals surface area contributed by atoms with E-state index in [1.54, 1.807) is 0 Å². The second-order valence-electron chi connectivity index (χ2n) is 5.61. The van der Waals surface area contributed by atoms with Crippen LogP contribution in [0.4, 0.5) is 0 Å². The third-order valence-electron chi connectivity index (χ3n) is 3.55. The number of likely N-dealkylation sites (N-methyl/N-ethyl adjacent to an activating group) is 1. The van der Waals surface area contributed by atoms with Gasteiger partial charge in [0.15, 0.2) is 0 Å². The van der Waals surface area contributed by atoms with E-state index in [9.17, 15) is 0 Å². The molecule has 0 aliphatic carbocycles. The van der Waals surface area contributed by atoms with Crippen LogP contribution in [0.15, 0.2) is 0 Å². The fraction of sp³-hybridized carbons (Fsp3) is 1.00. The lowest BCUT2D eigenvalue weighted by molar-refractivity contribution is 0.163. The second kappa shape index (κ2) is 9.90. The highest BCUT2D eigenvalue weighted by Gasteiger charge is 2.17. The van der Waals surface area contributed by atoms with E-state index in [0.29, 0.717) is 12.1 Å². The fourth-order valence-electron chi connectivity index (χ4n) is 2.18. The van der Waals surface area contributed by atoms with Gasteiger partial charge < -0.3 is 5.32 Å². The molecule has 0 saturated heterocycles. The first-order valence-corrected chi connectivity index (χ1v) is 7.52. The van der Waals surface area contributed by atoms with Crippen molar-refractivity contribution in [1.82, 2.24) is 10.2 Å². The van der Waals surface area contributed by atoms with Crippen molar-refractivity contribution in [1.29, 1.82) is 0 Å². The molecule has 0 aromatic rings. The number of hydrogen-bond donors (Lipinski definition) is 1. The van der Waals surface area contributed by atoms with Crippen LogP contribution in [0.1, 0.15) is 60.8 Å². The molecule has 0 saturated carbocycles. The van der Waals surface area contributed by atoms with Crippen LogP contribution in [0.5, 0.6) is 0 Å². The highest BCUT2D eigenvalue weighted by molar-refractivity contribution is 4.75. The maximum atomic E-state index is 3.59. The van der Waals surface area contributed by atoms with Crippen molar-refractivity contribution >= 4 is 0 Å². The summed E-state index contributed by atoms with van der Waals surface area (Å²) in [6, 6.07) is 1.30. The summed E-state index contributed by atoms with van der Waals surface area (Å²) in [7, 11) is 0. The summed E-state index contributed by atoms with van der Waals surface area (Å²) in [4.78, 5) is 2.66. The molecule has 0 spiro atoms. The molecular weight excluding hydrogens is 208 g/mol. The summed E-state index contributed by atoms with van der Waals surface area (Å²) >= 11 is 0. The minimum Gasteiger partial charge on any atom is -0.313 e. The maximum absolute atomic E-state index is 3.59. The molecule has 0 rings (SSSR count). The summed E-state index contributed by atoms with van der Waals surface area (Å²) in [5.74, 6) is 0.813. The van der Waals surface area contributed by atoms with Gasteiger partial charge in [-0.15, -0.1) is 0 Å². The van der Waals surface area contributed by atoms with Gasteiger partial charge in [0.25, 0.3) is 0 Å². The quantitative estimate of drug-likeness (QED) is 0.630. The Kier molecular flexibility index (Phi) is 9.85. The topological polar surface area (TPSA) is 15.3 Å². The number of hydrogen-bond acceptors (Lipinski definition) is 2. The molecule has 0 aliphatic heterocycles. The normalized spacial score (nSPS) is 15.5. The first kappa shape index (κ1) is 16.9. The summed E-state index contributed by atoms with van der Waals surface area (Å²) in [5.41, 5.74) is 0. The Morgan fingerprint density at radius 3 is 2.12 bits per heavy atom. The third-order valence-corrected chi connectivity index (χ3v) is 3.55. The maximum Gasteiger partial charge on any atom is 0.0220 e. The van der Waals surface area contributed by atoms with Crippen LogP contribution in [0, 0.1) is 5.92 Å². The van der Waals surface area contributed by atoms with Crippen LogP contribution >= 0.6 is 0 Å². The lowest BCUT2D eigenvalue weighted by atomic mass is 10.0. The zero-order valence-electron chi connectivity index (χ0n) is 12.9. The van der Waals surface area contributed by atoms with Crippen molar-refractivity contribution in [3.63, 3.8) is 0 Å². The zero-order chi connectivity index (χ0) is 13.3. The minimum atomic E-state index is 0.594. The monoisotopic (exact) mass is 242 g/mol. The Bertz CT molecular complexity index is 168. The molecule has 2 unspecified atom stereocenters. The van der Waals surface area contributed by atoms with Crippen molar-refractivity contribution in [2.45, 2.75) is 72.9 Å². The van der Waals surface area contributed by atoms with E-state index < -0.39 is 0 Å². The van der Waals surface area contributed by atoms with Crippen LogP contribution in [0.25, 0.3) is 0 Å². The van der Waals surface area contributed by atoms with Gasteiger partial charge in [-0.1, -0.05) is 54.4 Å². The van der Waals surface area contributed by atoms with Gasteiger partial charge >= 0.3 is 0 Å². The molecule has 2 heteroatoms. The van der Waals surface area contributed by atoms with Gasteiger partial charge in [0.1, 0.15) is 0 Å². The smallest absolute Gasteiger partial charge is 0.0220 e. The van der Waals surface area contributed by atoms with E-state index in [1.807, 2.05) is 0 Å². The SMILES string of the molecule is CCCC(CNC(C)C)N(CC)CC(C)CC. The van der Waals surface area contributed by atoms with E-state index in [1.165, 1.54) is 32.4 Å². The molecule has 0 aromatic carbocycles. The number of nitrogens with one attached hydrogen (secondary N) is 1. The lowest BCUT2D eigenvalue weighted by Gasteiger charge is -2.33. The Morgan fingerprint density at radius 1 is 1.06 bits per heavy atom. The van der Waals surface area contributed by atoms with Gasteiger partial charge in [0.2, 0.25) is 0 Å². The molecule has 2 atom stereocenters. The summed E-state index contributed by atoms with van der Waals surface area (Å²) < 4.78 is 0. The molecular formula is C15H34N2. The Labute approximate surface area is 109 Å². The van der Waals surface area contributed by atoms with Gasteiger partial charge in [-0.2, -0.15) is 0 Å². The summed E-state index contributed by atoms with van der Waals surface area (Å²) in [5, 5.41) is 3.59. The average Bonchev–Trinajstić information content (AvgIpc) is 2.31. The Balaban J connectivity index is 4.29. The van der Waals surface area contributed by atoms with E-state index in [2.05, 4.69) is 51.8 Å². The van der Waals surface area contributed by atoms with Crippen molar-refractivity contribution < 1.29 is 0 Å². The fourth-order valence-corrected chi connectivity index (χ4v) is 2.18. The first-order chi connectivity index (χ1) is 8.04. The van der Waals surface area contributed by atoms with Crippen LogP contribution in [-0.4, -0.2) is 36.6 Å².